The lowest BCUT2D eigenvalue weighted by Crippen LogP contribution is -2.02. The van der Waals surface area contributed by atoms with Crippen LogP contribution in [0.4, 0.5) is 5.82 Å². The first-order valence-electron chi connectivity index (χ1n) is 9.20. The Balaban J connectivity index is 1.79. The maximum atomic E-state index is 6.16. The minimum atomic E-state index is 0.349. The van der Waals surface area contributed by atoms with E-state index in [4.69, 9.17) is 31.7 Å². The van der Waals surface area contributed by atoms with Crippen molar-refractivity contribution in [2.24, 2.45) is 0 Å². The first kappa shape index (κ1) is 18.3. The Bertz CT molecular complexity index is 1360. The van der Waals surface area contributed by atoms with E-state index in [0.717, 1.165) is 11.3 Å². The third-order valence-corrected chi connectivity index (χ3v) is 4.99. The smallest absolute Gasteiger partial charge is 0.266 e. The number of nitrogens with zero attached hydrogens (tertiary/aromatic N) is 6. The Morgan fingerprint density at radius 1 is 1.03 bits per heavy atom. The number of pyridine rings is 2. The number of fused-ring (bicyclic) bond motifs is 1. The Morgan fingerprint density at radius 3 is 2.57 bits per heavy atom. The Labute approximate surface area is 176 Å². The number of hydrogen-bond donors (Lipinski definition) is 1. The fourth-order valence-corrected chi connectivity index (χ4v) is 3.42. The summed E-state index contributed by atoms with van der Waals surface area (Å²) in [5, 5.41) is 7.96. The van der Waals surface area contributed by atoms with Gasteiger partial charge in [-0.2, -0.15) is 0 Å². The first-order valence-corrected chi connectivity index (χ1v) is 9.73. The third-order valence-electron chi connectivity index (χ3n) is 4.68. The normalized spacial score (nSPS) is 11.3. The molecule has 0 aliphatic heterocycles. The SMILES string of the molecule is Cc1nnc(-c2ccc3nc(-c4cccnc4N)n(-c4ccc(CCl)cc4)c3n2)o1. The minimum absolute atomic E-state index is 0.349. The molecule has 0 bridgehead atoms. The molecule has 30 heavy (non-hydrogen) atoms. The van der Waals surface area contributed by atoms with E-state index < -0.39 is 0 Å². The third kappa shape index (κ3) is 3.07. The van der Waals surface area contributed by atoms with Crippen LogP contribution in [0.15, 0.2) is 59.1 Å². The summed E-state index contributed by atoms with van der Waals surface area (Å²) in [5.74, 6) is 2.29. The van der Waals surface area contributed by atoms with E-state index in [2.05, 4.69) is 15.2 Å². The zero-order valence-corrected chi connectivity index (χ0v) is 16.7. The van der Waals surface area contributed by atoms with E-state index in [1.165, 1.54) is 0 Å². The van der Waals surface area contributed by atoms with Crippen LogP contribution in [-0.4, -0.2) is 29.7 Å². The van der Waals surface area contributed by atoms with Gasteiger partial charge in [0.2, 0.25) is 5.89 Å². The average molecular weight is 418 g/mol. The van der Waals surface area contributed by atoms with Gasteiger partial charge >= 0.3 is 0 Å². The Kier molecular flexibility index (Phi) is 4.40. The lowest BCUT2D eigenvalue weighted by molar-refractivity contribution is 0.531. The number of imidazole rings is 1. The standard InChI is InChI=1S/C21H16ClN7O/c1-12-27-28-21(30-12)17-9-8-16-20(26-17)29(14-6-4-13(11-22)5-7-14)19(25-16)15-3-2-10-24-18(15)23/h2-10H,11H2,1H3,(H2,23,24). The Morgan fingerprint density at radius 2 is 1.87 bits per heavy atom. The van der Waals surface area contributed by atoms with Gasteiger partial charge in [0.15, 0.2) is 11.5 Å². The summed E-state index contributed by atoms with van der Waals surface area (Å²) in [6, 6.07) is 15.3. The van der Waals surface area contributed by atoms with Gasteiger partial charge in [-0.1, -0.05) is 12.1 Å². The van der Waals surface area contributed by atoms with Crippen LogP contribution in [0.5, 0.6) is 0 Å². The molecule has 0 amide bonds. The van der Waals surface area contributed by atoms with Crippen LogP contribution >= 0.6 is 11.6 Å². The van der Waals surface area contributed by atoms with Crippen LogP contribution in [0, 0.1) is 6.92 Å². The number of halogens is 1. The number of nitrogens with two attached hydrogens (primary N) is 1. The largest absolute Gasteiger partial charge is 0.420 e. The zero-order valence-electron chi connectivity index (χ0n) is 16.0. The molecule has 0 atom stereocenters. The molecule has 0 spiro atoms. The van der Waals surface area contributed by atoms with E-state index >= 15 is 0 Å². The van der Waals surface area contributed by atoms with Crippen LogP contribution in [0.2, 0.25) is 0 Å². The minimum Gasteiger partial charge on any atom is -0.420 e. The van der Waals surface area contributed by atoms with Crippen molar-refractivity contribution in [3.63, 3.8) is 0 Å². The van der Waals surface area contributed by atoms with E-state index in [1.54, 1.807) is 19.2 Å². The van der Waals surface area contributed by atoms with Gasteiger partial charge in [-0.15, -0.1) is 21.8 Å². The van der Waals surface area contributed by atoms with Crippen molar-refractivity contribution in [3.05, 3.63) is 66.2 Å². The molecule has 4 aromatic heterocycles. The van der Waals surface area contributed by atoms with Gasteiger partial charge in [-0.05, 0) is 42.0 Å². The topological polar surface area (TPSA) is 109 Å². The zero-order chi connectivity index (χ0) is 20.7. The molecule has 0 fully saturated rings. The highest BCUT2D eigenvalue weighted by atomic mass is 35.5. The van der Waals surface area contributed by atoms with Gasteiger partial charge in [0, 0.05) is 24.7 Å². The summed E-state index contributed by atoms with van der Waals surface area (Å²) >= 11 is 5.96. The number of benzene rings is 1. The highest BCUT2D eigenvalue weighted by Crippen LogP contribution is 2.31. The van der Waals surface area contributed by atoms with Crippen molar-refractivity contribution in [2.75, 3.05) is 5.73 Å². The first-order chi connectivity index (χ1) is 14.6. The molecular weight excluding hydrogens is 402 g/mol. The van der Waals surface area contributed by atoms with Gasteiger partial charge in [-0.25, -0.2) is 15.0 Å². The van der Waals surface area contributed by atoms with Crippen molar-refractivity contribution in [2.45, 2.75) is 12.8 Å². The molecule has 8 nitrogen and oxygen atoms in total. The van der Waals surface area contributed by atoms with E-state index in [1.807, 2.05) is 47.0 Å². The summed E-state index contributed by atoms with van der Waals surface area (Å²) in [4.78, 5) is 13.8. The lowest BCUT2D eigenvalue weighted by atomic mass is 10.2. The molecule has 0 aliphatic rings. The average Bonchev–Trinajstić information content (AvgIpc) is 3.37. The number of alkyl halides is 1. The second kappa shape index (κ2) is 7.23. The van der Waals surface area contributed by atoms with E-state index in [-0.39, 0.29) is 0 Å². The van der Waals surface area contributed by atoms with Crippen molar-refractivity contribution in [1.29, 1.82) is 0 Å². The quantitative estimate of drug-likeness (QED) is 0.437. The summed E-state index contributed by atoms with van der Waals surface area (Å²) < 4.78 is 7.48. The van der Waals surface area contributed by atoms with Crippen molar-refractivity contribution < 1.29 is 4.42 Å². The van der Waals surface area contributed by atoms with Crippen LogP contribution in [0.25, 0.3) is 39.8 Å². The van der Waals surface area contributed by atoms with Crippen LogP contribution in [-0.2, 0) is 5.88 Å². The second-order valence-corrected chi connectivity index (χ2v) is 6.94. The van der Waals surface area contributed by atoms with Crippen LogP contribution in [0.3, 0.4) is 0 Å². The fraction of sp³-hybridized carbons (Fsp3) is 0.0952. The van der Waals surface area contributed by atoms with Crippen LogP contribution < -0.4 is 5.73 Å². The summed E-state index contributed by atoms with van der Waals surface area (Å²) in [7, 11) is 0. The maximum Gasteiger partial charge on any atom is 0.266 e. The van der Waals surface area contributed by atoms with Gasteiger partial charge in [-0.3, -0.25) is 4.57 Å². The number of anilines is 1. The summed E-state index contributed by atoms with van der Waals surface area (Å²) in [6.45, 7) is 1.74. The molecule has 1 aromatic carbocycles. The molecule has 0 aliphatic carbocycles. The molecule has 5 aromatic rings. The number of hydrogen-bond acceptors (Lipinski definition) is 7. The highest BCUT2D eigenvalue weighted by molar-refractivity contribution is 6.17. The van der Waals surface area contributed by atoms with Gasteiger partial charge in [0.25, 0.3) is 5.89 Å². The monoisotopic (exact) mass is 417 g/mol. The summed E-state index contributed by atoms with van der Waals surface area (Å²) in [5.41, 5.74) is 10.7. The predicted octanol–water partition coefficient (Wildman–Crippen LogP) is 4.16. The number of rotatable bonds is 4. The number of nitrogen functional groups attached to an aromatic ring is 1. The molecular formula is C21H16ClN7O. The molecule has 0 saturated carbocycles. The Hall–Kier alpha value is -3.78. The molecule has 5 rings (SSSR count). The predicted molar refractivity (Wildman–Crippen MR) is 114 cm³/mol. The molecule has 0 unspecified atom stereocenters. The number of aromatic nitrogens is 6. The van der Waals surface area contributed by atoms with Gasteiger partial charge in [0.05, 0.1) is 5.56 Å². The van der Waals surface area contributed by atoms with E-state index in [9.17, 15) is 0 Å². The maximum absolute atomic E-state index is 6.16. The summed E-state index contributed by atoms with van der Waals surface area (Å²) in [6.07, 6.45) is 1.65. The lowest BCUT2D eigenvalue weighted by Gasteiger charge is -2.10. The molecule has 148 valence electrons. The van der Waals surface area contributed by atoms with Crippen molar-refractivity contribution in [3.8, 4) is 28.7 Å². The van der Waals surface area contributed by atoms with Crippen LogP contribution in [0.1, 0.15) is 11.5 Å². The molecule has 2 N–H and O–H groups in total. The highest BCUT2D eigenvalue weighted by Gasteiger charge is 2.19. The van der Waals surface area contributed by atoms with Gasteiger partial charge in [0.1, 0.15) is 17.0 Å². The van der Waals surface area contributed by atoms with Crippen molar-refractivity contribution in [1.82, 2.24) is 29.7 Å². The number of aryl methyl sites for hydroxylation is 1. The van der Waals surface area contributed by atoms with E-state index in [0.29, 0.717) is 51.7 Å². The molecule has 0 radical (unpaired) electrons. The fourth-order valence-electron chi connectivity index (χ4n) is 3.24. The molecule has 0 saturated heterocycles. The van der Waals surface area contributed by atoms with Gasteiger partial charge < -0.3 is 10.2 Å². The van der Waals surface area contributed by atoms with Crippen molar-refractivity contribution >= 4 is 28.6 Å². The molecule has 9 heteroatoms. The second-order valence-electron chi connectivity index (χ2n) is 6.67. The molecule has 4 heterocycles.